The molecule has 3 aromatic rings. The number of anilines is 2. The Hall–Kier alpha value is -3.00. The van der Waals surface area contributed by atoms with Crippen LogP contribution in [0, 0.1) is 0 Å². The van der Waals surface area contributed by atoms with Gasteiger partial charge in [-0.25, -0.2) is 4.98 Å². The number of fused-ring (bicyclic) bond motifs is 2. The van der Waals surface area contributed by atoms with E-state index in [-0.39, 0.29) is 11.4 Å². The van der Waals surface area contributed by atoms with Gasteiger partial charge in [-0.15, -0.1) is 0 Å². The lowest BCUT2D eigenvalue weighted by atomic mass is 9.94. The number of amides is 1. The Balaban J connectivity index is 1.56. The lowest BCUT2D eigenvalue weighted by Crippen LogP contribution is -2.48. The molecule has 0 radical (unpaired) electrons. The van der Waals surface area contributed by atoms with Gasteiger partial charge < -0.3 is 15.0 Å². The minimum absolute atomic E-state index is 0.0446. The van der Waals surface area contributed by atoms with Crippen LogP contribution in [0.1, 0.15) is 29.2 Å². The minimum atomic E-state index is -0.280. The Kier molecular flexibility index (Phi) is 3.83. The number of hydrogen-bond donors (Lipinski definition) is 1. The summed E-state index contributed by atoms with van der Waals surface area (Å²) in [5, 5.41) is 3.87. The first kappa shape index (κ1) is 17.1. The molecule has 28 heavy (non-hydrogen) atoms. The molecule has 1 amide bonds. The molecule has 8 heteroatoms. The van der Waals surface area contributed by atoms with Crippen molar-refractivity contribution in [2.45, 2.75) is 25.8 Å². The summed E-state index contributed by atoms with van der Waals surface area (Å²) in [6.07, 6.45) is 5.80. The number of thiazole rings is 1. The molecule has 0 atom stereocenters. The highest BCUT2D eigenvalue weighted by Gasteiger charge is 2.34. The fourth-order valence-corrected chi connectivity index (χ4v) is 4.62. The molecule has 2 aromatic heterocycles. The standard InChI is InChI=1S/C20H19N5O2S/c1-20(2)10-13-17(18(26)24-20)28-19(23-13)25-7-8-27-16-4-3-12(9-15(16)25)14-11-21-5-6-22-14/h3-6,9,11H,7-8,10H2,1-2H3,(H,24,26). The van der Waals surface area contributed by atoms with Crippen molar-refractivity contribution in [3.05, 3.63) is 47.4 Å². The summed E-state index contributed by atoms with van der Waals surface area (Å²) in [5.74, 6) is 0.758. The SMILES string of the molecule is CC1(C)Cc2nc(N3CCOc4ccc(-c5cnccn5)cc43)sc2C(=O)N1. The van der Waals surface area contributed by atoms with Crippen LogP contribution in [0.2, 0.25) is 0 Å². The maximum Gasteiger partial charge on any atom is 0.263 e. The summed E-state index contributed by atoms with van der Waals surface area (Å²) < 4.78 is 5.84. The molecule has 2 aliphatic heterocycles. The summed E-state index contributed by atoms with van der Waals surface area (Å²) in [5.41, 5.74) is 3.28. The monoisotopic (exact) mass is 393 g/mol. The van der Waals surface area contributed by atoms with Gasteiger partial charge in [-0.3, -0.25) is 14.8 Å². The van der Waals surface area contributed by atoms with E-state index in [0.29, 0.717) is 18.0 Å². The molecular formula is C20H19N5O2S. The molecule has 0 fully saturated rings. The van der Waals surface area contributed by atoms with Gasteiger partial charge in [0.25, 0.3) is 5.91 Å². The van der Waals surface area contributed by atoms with Gasteiger partial charge in [0.1, 0.15) is 17.2 Å². The zero-order chi connectivity index (χ0) is 19.3. The molecular weight excluding hydrogens is 374 g/mol. The molecule has 4 heterocycles. The van der Waals surface area contributed by atoms with E-state index in [0.717, 1.165) is 39.9 Å². The predicted octanol–water partition coefficient (Wildman–Crippen LogP) is 3.20. The van der Waals surface area contributed by atoms with Crippen molar-refractivity contribution >= 4 is 28.1 Å². The van der Waals surface area contributed by atoms with Crippen LogP contribution in [0.15, 0.2) is 36.8 Å². The lowest BCUT2D eigenvalue weighted by Gasteiger charge is -2.29. The highest BCUT2D eigenvalue weighted by molar-refractivity contribution is 7.17. The first-order chi connectivity index (χ1) is 13.5. The van der Waals surface area contributed by atoms with E-state index in [1.54, 1.807) is 18.6 Å². The molecule has 5 rings (SSSR count). The minimum Gasteiger partial charge on any atom is -0.490 e. The Labute approximate surface area is 166 Å². The number of aromatic nitrogens is 3. The highest BCUT2D eigenvalue weighted by atomic mass is 32.1. The van der Waals surface area contributed by atoms with E-state index in [9.17, 15) is 4.79 Å². The largest absolute Gasteiger partial charge is 0.490 e. The number of carbonyl (C=O) groups excluding carboxylic acids is 1. The average molecular weight is 393 g/mol. The van der Waals surface area contributed by atoms with Crippen molar-refractivity contribution in [2.24, 2.45) is 0 Å². The van der Waals surface area contributed by atoms with Gasteiger partial charge in [0, 0.05) is 29.9 Å². The van der Waals surface area contributed by atoms with Crippen molar-refractivity contribution < 1.29 is 9.53 Å². The van der Waals surface area contributed by atoms with Crippen LogP contribution < -0.4 is 15.0 Å². The second-order valence-electron chi connectivity index (χ2n) is 7.56. The molecule has 1 N–H and O–H groups in total. The molecule has 0 bridgehead atoms. The van der Waals surface area contributed by atoms with E-state index >= 15 is 0 Å². The smallest absolute Gasteiger partial charge is 0.263 e. The number of hydrogen-bond acceptors (Lipinski definition) is 7. The highest BCUT2D eigenvalue weighted by Crippen LogP contribution is 2.42. The van der Waals surface area contributed by atoms with Crippen LogP contribution in [-0.2, 0) is 6.42 Å². The van der Waals surface area contributed by atoms with E-state index in [4.69, 9.17) is 9.72 Å². The number of rotatable bonds is 2. The molecule has 1 aromatic carbocycles. The van der Waals surface area contributed by atoms with E-state index in [1.807, 2.05) is 32.0 Å². The Morgan fingerprint density at radius 3 is 3.00 bits per heavy atom. The van der Waals surface area contributed by atoms with Crippen LogP contribution in [0.25, 0.3) is 11.3 Å². The first-order valence-corrected chi connectivity index (χ1v) is 9.95. The van der Waals surface area contributed by atoms with Crippen LogP contribution in [0.5, 0.6) is 5.75 Å². The van der Waals surface area contributed by atoms with Gasteiger partial charge in [-0.1, -0.05) is 11.3 Å². The molecule has 7 nitrogen and oxygen atoms in total. The Bertz CT molecular complexity index is 1060. The summed E-state index contributed by atoms with van der Waals surface area (Å²) in [4.78, 5) is 28.7. The normalized spacial score (nSPS) is 17.4. The summed E-state index contributed by atoms with van der Waals surface area (Å²) in [7, 11) is 0. The van der Waals surface area contributed by atoms with Gasteiger partial charge in [0.15, 0.2) is 5.13 Å². The quantitative estimate of drug-likeness (QED) is 0.720. The third-order valence-electron chi connectivity index (χ3n) is 4.87. The topological polar surface area (TPSA) is 80.2 Å². The molecule has 0 saturated carbocycles. The van der Waals surface area contributed by atoms with Gasteiger partial charge in [0.05, 0.1) is 29.8 Å². The predicted molar refractivity (Wildman–Crippen MR) is 107 cm³/mol. The van der Waals surface area contributed by atoms with Crippen molar-refractivity contribution in [3.8, 4) is 17.0 Å². The molecule has 0 spiro atoms. The molecule has 2 aliphatic rings. The zero-order valence-electron chi connectivity index (χ0n) is 15.6. The summed E-state index contributed by atoms with van der Waals surface area (Å²) in [6.45, 7) is 5.28. The van der Waals surface area contributed by atoms with Crippen LogP contribution in [-0.4, -0.2) is 39.5 Å². The van der Waals surface area contributed by atoms with Gasteiger partial charge in [-0.2, -0.15) is 0 Å². The first-order valence-electron chi connectivity index (χ1n) is 9.13. The molecule has 0 aliphatic carbocycles. The molecule has 0 unspecified atom stereocenters. The van der Waals surface area contributed by atoms with E-state index in [2.05, 4.69) is 20.2 Å². The van der Waals surface area contributed by atoms with Gasteiger partial charge >= 0.3 is 0 Å². The zero-order valence-corrected chi connectivity index (χ0v) is 16.4. The summed E-state index contributed by atoms with van der Waals surface area (Å²) >= 11 is 1.44. The van der Waals surface area contributed by atoms with Gasteiger partial charge in [0.2, 0.25) is 0 Å². The van der Waals surface area contributed by atoms with Crippen molar-refractivity contribution in [1.82, 2.24) is 20.3 Å². The van der Waals surface area contributed by atoms with Crippen molar-refractivity contribution in [2.75, 3.05) is 18.1 Å². The fourth-order valence-electron chi connectivity index (χ4n) is 3.60. The number of nitrogens with zero attached hydrogens (tertiary/aromatic N) is 4. The Morgan fingerprint density at radius 2 is 2.18 bits per heavy atom. The number of carbonyl (C=O) groups is 1. The van der Waals surface area contributed by atoms with Gasteiger partial charge in [-0.05, 0) is 32.0 Å². The number of nitrogens with one attached hydrogen (secondary N) is 1. The number of ether oxygens (including phenoxy) is 1. The fraction of sp³-hybridized carbons (Fsp3) is 0.300. The molecule has 0 saturated heterocycles. The average Bonchev–Trinajstić information content (AvgIpc) is 3.10. The summed E-state index contributed by atoms with van der Waals surface area (Å²) in [6, 6.07) is 5.98. The van der Waals surface area contributed by atoms with Crippen molar-refractivity contribution in [3.63, 3.8) is 0 Å². The van der Waals surface area contributed by atoms with Crippen LogP contribution in [0.4, 0.5) is 10.8 Å². The maximum absolute atomic E-state index is 12.5. The third kappa shape index (κ3) is 2.90. The van der Waals surface area contributed by atoms with Crippen LogP contribution in [0.3, 0.4) is 0 Å². The van der Waals surface area contributed by atoms with E-state index < -0.39 is 0 Å². The number of benzene rings is 1. The maximum atomic E-state index is 12.5. The second-order valence-corrected chi connectivity index (χ2v) is 8.54. The lowest BCUT2D eigenvalue weighted by molar-refractivity contribution is 0.0901. The third-order valence-corrected chi connectivity index (χ3v) is 5.99. The van der Waals surface area contributed by atoms with Crippen molar-refractivity contribution in [1.29, 1.82) is 0 Å². The Morgan fingerprint density at radius 1 is 1.29 bits per heavy atom. The molecule has 142 valence electrons. The van der Waals surface area contributed by atoms with E-state index in [1.165, 1.54) is 11.3 Å². The van der Waals surface area contributed by atoms with Crippen LogP contribution >= 0.6 is 11.3 Å². The second kappa shape index (κ2) is 6.27.